The summed E-state index contributed by atoms with van der Waals surface area (Å²) in [5.41, 5.74) is 2.63. The van der Waals surface area contributed by atoms with Gasteiger partial charge in [0, 0.05) is 49.3 Å². The Morgan fingerprint density at radius 1 is 1.06 bits per heavy atom. The van der Waals surface area contributed by atoms with Crippen molar-refractivity contribution in [2.24, 2.45) is 7.05 Å². The average molecular weight is 473 g/mol. The van der Waals surface area contributed by atoms with Crippen LogP contribution in [0.25, 0.3) is 22.0 Å². The maximum Gasteiger partial charge on any atom is 0.364 e. The molecule has 0 radical (unpaired) electrons. The van der Waals surface area contributed by atoms with E-state index in [1.807, 2.05) is 25.1 Å². The van der Waals surface area contributed by atoms with Crippen LogP contribution in [0.2, 0.25) is 5.02 Å². The Balaban J connectivity index is 1.47. The summed E-state index contributed by atoms with van der Waals surface area (Å²) in [5.74, 6) is 0. The molecule has 5 rings (SSSR count). The van der Waals surface area contributed by atoms with Crippen LogP contribution in [-0.2, 0) is 17.1 Å². The van der Waals surface area contributed by atoms with Gasteiger partial charge >= 0.3 is 5.63 Å². The van der Waals surface area contributed by atoms with Gasteiger partial charge in [-0.1, -0.05) is 17.7 Å². The fourth-order valence-corrected chi connectivity index (χ4v) is 5.85. The maximum atomic E-state index is 13.4. The Labute approximate surface area is 189 Å². The molecule has 2 aromatic heterocycles. The lowest BCUT2D eigenvalue weighted by Crippen LogP contribution is -2.48. The number of anilines is 1. The normalized spacial score (nSPS) is 15.7. The molecule has 1 saturated heterocycles. The third-order valence-corrected chi connectivity index (χ3v) is 8.06. The Hall–Kier alpha value is -2.88. The molecular weight excluding hydrogens is 452 g/mol. The van der Waals surface area contributed by atoms with E-state index in [9.17, 15) is 13.2 Å². The lowest BCUT2D eigenvalue weighted by molar-refractivity contribution is 0.385. The molecule has 10 heteroatoms. The van der Waals surface area contributed by atoms with E-state index in [0.717, 1.165) is 11.3 Å². The van der Waals surface area contributed by atoms with Crippen LogP contribution >= 0.6 is 11.6 Å². The summed E-state index contributed by atoms with van der Waals surface area (Å²) >= 11 is 6.15. The predicted molar refractivity (Wildman–Crippen MR) is 124 cm³/mol. The van der Waals surface area contributed by atoms with Crippen molar-refractivity contribution >= 4 is 49.3 Å². The standard InChI is InChI=1S/C22H21ClN4O4S/c1-14-3-4-15(23)11-18(14)26-7-9-27(10-8-26)32(29,30)16-5-6-19-17(12-16)21-20(22(28)31-19)24-13-25(21)2/h3-6,11-13H,7-10H2,1-2H3. The van der Waals surface area contributed by atoms with Crippen LogP contribution in [0.15, 0.2) is 56.8 Å². The van der Waals surface area contributed by atoms with Gasteiger partial charge in [0.05, 0.1) is 16.7 Å². The molecule has 0 amide bonds. The number of halogens is 1. The molecule has 0 N–H and O–H groups in total. The number of sulfonamides is 1. The minimum atomic E-state index is -3.72. The molecule has 0 bridgehead atoms. The number of aromatic nitrogens is 2. The van der Waals surface area contributed by atoms with Gasteiger partial charge in [0.15, 0.2) is 5.52 Å². The maximum absolute atomic E-state index is 13.4. The summed E-state index contributed by atoms with van der Waals surface area (Å²) in [5, 5.41) is 1.19. The second-order valence-corrected chi connectivity index (χ2v) is 10.3. The highest BCUT2D eigenvalue weighted by atomic mass is 35.5. The SMILES string of the molecule is Cc1ccc(Cl)cc1N1CCN(S(=O)(=O)c2ccc3oc(=O)c4ncn(C)c4c3c2)CC1. The number of nitrogens with zero attached hydrogens (tertiary/aromatic N) is 4. The molecule has 4 aromatic rings. The zero-order valence-corrected chi connectivity index (χ0v) is 19.2. The first-order chi connectivity index (χ1) is 15.3. The fourth-order valence-electron chi connectivity index (χ4n) is 4.23. The van der Waals surface area contributed by atoms with Gasteiger partial charge in [-0.2, -0.15) is 4.31 Å². The predicted octanol–water partition coefficient (Wildman–Crippen LogP) is 3.15. The summed E-state index contributed by atoms with van der Waals surface area (Å²) in [6, 6.07) is 10.3. The van der Waals surface area contributed by atoms with Gasteiger partial charge in [-0.3, -0.25) is 0 Å². The fraction of sp³-hybridized carbons (Fsp3) is 0.273. The molecule has 1 aliphatic rings. The quantitative estimate of drug-likeness (QED) is 0.425. The monoisotopic (exact) mass is 472 g/mol. The van der Waals surface area contributed by atoms with Crippen LogP contribution in [-0.4, -0.2) is 48.5 Å². The number of imidazole rings is 1. The van der Waals surface area contributed by atoms with E-state index >= 15 is 0 Å². The van der Waals surface area contributed by atoms with Crippen LogP contribution < -0.4 is 10.5 Å². The van der Waals surface area contributed by atoms with Crippen LogP contribution in [0.3, 0.4) is 0 Å². The topological polar surface area (TPSA) is 88.7 Å². The molecule has 0 atom stereocenters. The minimum absolute atomic E-state index is 0.161. The van der Waals surface area contributed by atoms with Crippen molar-refractivity contribution in [3.8, 4) is 0 Å². The van der Waals surface area contributed by atoms with Crippen molar-refractivity contribution in [1.29, 1.82) is 0 Å². The van der Waals surface area contributed by atoms with Crippen molar-refractivity contribution < 1.29 is 12.8 Å². The molecule has 2 aromatic carbocycles. The number of hydrogen-bond donors (Lipinski definition) is 0. The minimum Gasteiger partial charge on any atom is -0.421 e. The highest BCUT2D eigenvalue weighted by molar-refractivity contribution is 7.89. The van der Waals surface area contributed by atoms with Crippen LogP contribution in [0, 0.1) is 6.92 Å². The second kappa shape index (κ2) is 7.61. The molecule has 1 aliphatic heterocycles. The van der Waals surface area contributed by atoms with E-state index in [2.05, 4.69) is 9.88 Å². The summed E-state index contributed by atoms with van der Waals surface area (Å²) in [7, 11) is -1.96. The van der Waals surface area contributed by atoms with Gasteiger partial charge in [-0.05, 0) is 42.8 Å². The molecule has 0 saturated carbocycles. The van der Waals surface area contributed by atoms with Crippen molar-refractivity contribution in [3.63, 3.8) is 0 Å². The van der Waals surface area contributed by atoms with Crippen molar-refractivity contribution in [2.45, 2.75) is 11.8 Å². The van der Waals surface area contributed by atoms with E-state index in [4.69, 9.17) is 16.0 Å². The smallest absolute Gasteiger partial charge is 0.364 e. The number of benzene rings is 2. The van der Waals surface area contributed by atoms with Gasteiger partial charge in [0.2, 0.25) is 10.0 Å². The van der Waals surface area contributed by atoms with E-state index < -0.39 is 15.6 Å². The third kappa shape index (κ3) is 3.37. The molecule has 8 nitrogen and oxygen atoms in total. The first kappa shape index (κ1) is 21.0. The van der Waals surface area contributed by atoms with Crippen molar-refractivity contribution in [2.75, 3.05) is 31.1 Å². The summed E-state index contributed by atoms with van der Waals surface area (Å²) in [6.07, 6.45) is 1.51. The summed E-state index contributed by atoms with van der Waals surface area (Å²) in [4.78, 5) is 18.5. The Morgan fingerprint density at radius 3 is 2.56 bits per heavy atom. The molecule has 3 heterocycles. The number of rotatable bonds is 3. The molecule has 166 valence electrons. The van der Waals surface area contributed by atoms with Gasteiger partial charge in [-0.15, -0.1) is 0 Å². The van der Waals surface area contributed by atoms with E-state index in [1.165, 1.54) is 22.8 Å². The number of hydrogen-bond acceptors (Lipinski definition) is 6. The van der Waals surface area contributed by atoms with E-state index in [0.29, 0.717) is 47.7 Å². The second-order valence-electron chi connectivity index (χ2n) is 7.92. The average Bonchev–Trinajstić information content (AvgIpc) is 3.18. The van der Waals surface area contributed by atoms with Gasteiger partial charge in [0.1, 0.15) is 5.58 Å². The highest BCUT2D eigenvalue weighted by Gasteiger charge is 2.29. The van der Waals surface area contributed by atoms with E-state index in [1.54, 1.807) is 17.7 Å². The third-order valence-electron chi connectivity index (χ3n) is 5.93. The van der Waals surface area contributed by atoms with Gasteiger partial charge < -0.3 is 13.9 Å². The van der Waals surface area contributed by atoms with Crippen molar-refractivity contribution in [3.05, 3.63) is 63.7 Å². The zero-order chi connectivity index (χ0) is 22.6. The lowest BCUT2D eigenvalue weighted by atomic mass is 10.1. The Morgan fingerprint density at radius 2 is 1.81 bits per heavy atom. The molecular formula is C22H21ClN4O4S. The zero-order valence-electron chi connectivity index (χ0n) is 17.6. The van der Waals surface area contributed by atoms with E-state index in [-0.39, 0.29) is 10.4 Å². The molecule has 0 spiro atoms. The lowest BCUT2D eigenvalue weighted by Gasteiger charge is -2.36. The van der Waals surface area contributed by atoms with Crippen molar-refractivity contribution in [1.82, 2.24) is 13.9 Å². The van der Waals surface area contributed by atoms with Gasteiger partial charge in [0.25, 0.3) is 0 Å². The van der Waals surface area contributed by atoms with Crippen LogP contribution in [0.5, 0.6) is 0 Å². The molecule has 32 heavy (non-hydrogen) atoms. The van der Waals surface area contributed by atoms with Crippen LogP contribution in [0.1, 0.15) is 5.56 Å². The first-order valence-electron chi connectivity index (χ1n) is 10.1. The van der Waals surface area contributed by atoms with Crippen LogP contribution in [0.4, 0.5) is 5.69 Å². The summed E-state index contributed by atoms with van der Waals surface area (Å²) in [6.45, 7) is 3.86. The molecule has 0 aliphatic carbocycles. The number of aryl methyl sites for hydroxylation is 2. The Bertz CT molecular complexity index is 1520. The first-order valence-corrected chi connectivity index (χ1v) is 12.0. The molecule has 0 unspecified atom stereocenters. The van der Waals surface area contributed by atoms with Gasteiger partial charge in [-0.25, -0.2) is 18.2 Å². The number of piperazine rings is 1. The Kier molecular flexibility index (Phi) is 4.99. The largest absolute Gasteiger partial charge is 0.421 e. The number of fused-ring (bicyclic) bond motifs is 3. The molecule has 1 fully saturated rings. The summed E-state index contributed by atoms with van der Waals surface area (Å²) < 4.78 is 35.3. The highest BCUT2D eigenvalue weighted by Crippen LogP contribution is 2.29.